The third-order valence-electron chi connectivity index (χ3n) is 4.81. The molecule has 134 valence electrons. The number of carbonyl (C=O) groups is 1. The Labute approximate surface area is 151 Å². The van der Waals surface area contributed by atoms with Gasteiger partial charge in [0.05, 0.1) is 13.2 Å². The van der Waals surface area contributed by atoms with Crippen LogP contribution in [0.25, 0.3) is 11.1 Å². The summed E-state index contributed by atoms with van der Waals surface area (Å²) in [5.74, 6) is 0.936. The fourth-order valence-electron chi connectivity index (χ4n) is 3.55. The van der Waals surface area contributed by atoms with Gasteiger partial charge in [-0.25, -0.2) is 0 Å². The molecule has 1 aliphatic rings. The molecule has 1 N–H and O–H groups in total. The number of nitrogens with one attached hydrogen (secondary N) is 1. The monoisotopic (exact) mass is 351 g/mol. The SMILES string of the molecule is COc1ccc([C@@H]2CN(c3nc4ccccc4o3)C[C@H]2NC(C)=O)cc1. The molecule has 1 aromatic heterocycles. The molecule has 2 atom stereocenters. The minimum absolute atomic E-state index is 0.00379. The molecule has 3 aromatic rings. The van der Waals surface area contributed by atoms with Crippen LogP contribution < -0.4 is 15.0 Å². The van der Waals surface area contributed by atoms with Crippen molar-refractivity contribution in [1.82, 2.24) is 10.3 Å². The number of carbonyl (C=O) groups excluding carboxylic acids is 1. The number of anilines is 1. The summed E-state index contributed by atoms with van der Waals surface area (Å²) >= 11 is 0. The average molecular weight is 351 g/mol. The van der Waals surface area contributed by atoms with Crippen molar-refractivity contribution in [3.05, 3.63) is 54.1 Å². The molecule has 1 amide bonds. The minimum atomic E-state index is -0.0343. The Morgan fingerprint density at radius 3 is 2.65 bits per heavy atom. The molecule has 26 heavy (non-hydrogen) atoms. The van der Waals surface area contributed by atoms with Gasteiger partial charge in [0, 0.05) is 25.9 Å². The summed E-state index contributed by atoms with van der Waals surface area (Å²) in [6.07, 6.45) is 0. The Bertz CT molecular complexity index is 886. The predicted molar refractivity (Wildman–Crippen MR) is 99.6 cm³/mol. The smallest absolute Gasteiger partial charge is 0.298 e. The Hall–Kier alpha value is -3.02. The second-order valence-corrected chi connectivity index (χ2v) is 6.56. The predicted octanol–water partition coefficient (Wildman–Crippen LogP) is 2.94. The van der Waals surface area contributed by atoms with Gasteiger partial charge in [-0.05, 0) is 29.8 Å². The second-order valence-electron chi connectivity index (χ2n) is 6.56. The molecule has 2 heterocycles. The largest absolute Gasteiger partial charge is 0.497 e. The van der Waals surface area contributed by atoms with Gasteiger partial charge in [-0.2, -0.15) is 4.98 Å². The highest BCUT2D eigenvalue weighted by Gasteiger charge is 2.36. The molecule has 6 nitrogen and oxygen atoms in total. The zero-order chi connectivity index (χ0) is 18.1. The van der Waals surface area contributed by atoms with E-state index in [4.69, 9.17) is 9.15 Å². The van der Waals surface area contributed by atoms with E-state index in [9.17, 15) is 4.79 Å². The average Bonchev–Trinajstić information content (AvgIpc) is 3.25. The lowest BCUT2D eigenvalue weighted by molar-refractivity contribution is -0.119. The van der Waals surface area contributed by atoms with E-state index in [1.54, 1.807) is 14.0 Å². The molecule has 1 fully saturated rings. The molecule has 0 spiro atoms. The number of hydrogen-bond donors (Lipinski definition) is 1. The number of aromatic nitrogens is 1. The number of hydrogen-bond acceptors (Lipinski definition) is 5. The van der Waals surface area contributed by atoms with E-state index < -0.39 is 0 Å². The molecule has 0 radical (unpaired) electrons. The third kappa shape index (κ3) is 3.10. The van der Waals surface area contributed by atoms with Crippen molar-refractivity contribution < 1.29 is 13.9 Å². The Morgan fingerprint density at radius 2 is 1.96 bits per heavy atom. The van der Waals surface area contributed by atoms with E-state index >= 15 is 0 Å². The second kappa shape index (κ2) is 6.71. The highest BCUT2D eigenvalue weighted by atomic mass is 16.5. The molecule has 0 bridgehead atoms. The van der Waals surface area contributed by atoms with Crippen molar-refractivity contribution in [2.24, 2.45) is 0 Å². The van der Waals surface area contributed by atoms with Gasteiger partial charge in [0.1, 0.15) is 11.3 Å². The van der Waals surface area contributed by atoms with Gasteiger partial charge in [-0.15, -0.1) is 0 Å². The quantitative estimate of drug-likeness (QED) is 0.783. The van der Waals surface area contributed by atoms with Gasteiger partial charge in [-0.1, -0.05) is 24.3 Å². The highest BCUT2D eigenvalue weighted by Crippen LogP contribution is 2.33. The van der Waals surface area contributed by atoms with Crippen LogP contribution in [0.3, 0.4) is 0 Å². The standard InChI is InChI=1S/C20H21N3O3/c1-13(24)21-18-12-23(20-22-17-5-3-4-6-19(17)26-20)11-16(18)14-7-9-15(25-2)10-8-14/h3-10,16,18H,11-12H2,1-2H3,(H,21,24)/t16-,18+/m0/s1. The third-order valence-corrected chi connectivity index (χ3v) is 4.81. The highest BCUT2D eigenvalue weighted by molar-refractivity contribution is 5.75. The van der Waals surface area contributed by atoms with E-state index in [2.05, 4.69) is 15.2 Å². The summed E-state index contributed by atoms with van der Waals surface area (Å²) in [5.41, 5.74) is 2.76. The van der Waals surface area contributed by atoms with Crippen molar-refractivity contribution >= 4 is 23.0 Å². The van der Waals surface area contributed by atoms with E-state index in [1.807, 2.05) is 48.5 Å². The van der Waals surface area contributed by atoms with E-state index in [0.717, 1.165) is 29.0 Å². The van der Waals surface area contributed by atoms with Crippen LogP contribution in [-0.4, -0.2) is 37.1 Å². The number of nitrogens with zero attached hydrogens (tertiary/aromatic N) is 2. The first-order valence-electron chi connectivity index (χ1n) is 8.65. The van der Waals surface area contributed by atoms with Crippen LogP contribution in [0.5, 0.6) is 5.75 Å². The Balaban J connectivity index is 1.62. The van der Waals surface area contributed by atoms with Gasteiger partial charge >= 0.3 is 0 Å². The summed E-state index contributed by atoms with van der Waals surface area (Å²) in [7, 11) is 1.65. The van der Waals surface area contributed by atoms with Crippen LogP contribution in [0.15, 0.2) is 52.9 Å². The van der Waals surface area contributed by atoms with Crippen molar-refractivity contribution in [1.29, 1.82) is 0 Å². The first kappa shape index (κ1) is 16.4. The number of rotatable bonds is 4. The number of para-hydroxylation sites is 2. The molecule has 4 rings (SSSR count). The lowest BCUT2D eigenvalue weighted by atomic mass is 9.94. The summed E-state index contributed by atoms with van der Waals surface area (Å²) in [6, 6.07) is 16.3. The molecular weight excluding hydrogens is 330 g/mol. The number of fused-ring (bicyclic) bond motifs is 1. The zero-order valence-corrected chi connectivity index (χ0v) is 14.8. The summed E-state index contributed by atoms with van der Waals surface area (Å²) in [6.45, 7) is 2.93. The first-order chi connectivity index (χ1) is 12.6. The lowest BCUT2D eigenvalue weighted by Crippen LogP contribution is -2.38. The van der Waals surface area contributed by atoms with Crippen LogP contribution in [-0.2, 0) is 4.79 Å². The maximum absolute atomic E-state index is 11.7. The van der Waals surface area contributed by atoms with E-state index in [0.29, 0.717) is 12.6 Å². The fourth-order valence-corrected chi connectivity index (χ4v) is 3.55. The molecule has 0 saturated carbocycles. The molecular formula is C20H21N3O3. The van der Waals surface area contributed by atoms with Crippen molar-refractivity contribution in [3.8, 4) is 5.75 Å². The molecule has 0 unspecified atom stereocenters. The maximum Gasteiger partial charge on any atom is 0.298 e. The summed E-state index contributed by atoms with van der Waals surface area (Å²) in [5, 5.41) is 3.07. The van der Waals surface area contributed by atoms with Gasteiger partial charge < -0.3 is 19.4 Å². The molecule has 6 heteroatoms. The van der Waals surface area contributed by atoms with Crippen LogP contribution >= 0.6 is 0 Å². The molecule has 2 aromatic carbocycles. The van der Waals surface area contributed by atoms with E-state index in [-0.39, 0.29) is 17.9 Å². The van der Waals surface area contributed by atoms with Crippen molar-refractivity contribution in [2.45, 2.75) is 18.9 Å². The number of ether oxygens (including phenoxy) is 1. The fraction of sp³-hybridized carbons (Fsp3) is 0.300. The molecule has 1 saturated heterocycles. The number of oxazole rings is 1. The van der Waals surface area contributed by atoms with Gasteiger partial charge in [0.25, 0.3) is 6.01 Å². The Morgan fingerprint density at radius 1 is 1.19 bits per heavy atom. The van der Waals surface area contributed by atoms with Crippen LogP contribution in [0.1, 0.15) is 18.4 Å². The topological polar surface area (TPSA) is 67.6 Å². The van der Waals surface area contributed by atoms with Crippen LogP contribution in [0.4, 0.5) is 6.01 Å². The maximum atomic E-state index is 11.7. The normalized spacial score (nSPS) is 19.7. The summed E-state index contributed by atoms with van der Waals surface area (Å²) in [4.78, 5) is 18.4. The minimum Gasteiger partial charge on any atom is -0.497 e. The van der Waals surface area contributed by atoms with Crippen molar-refractivity contribution in [3.63, 3.8) is 0 Å². The van der Waals surface area contributed by atoms with Crippen LogP contribution in [0.2, 0.25) is 0 Å². The number of benzene rings is 2. The number of methoxy groups -OCH3 is 1. The van der Waals surface area contributed by atoms with Gasteiger partial charge in [0.15, 0.2) is 5.58 Å². The molecule has 0 aliphatic carbocycles. The molecule has 1 aliphatic heterocycles. The first-order valence-corrected chi connectivity index (χ1v) is 8.65. The summed E-state index contributed by atoms with van der Waals surface area (Å²) < 4.78 is 11.2. The van der Waals surface area contributed by atoms with Crippen molar-refractivity contribution in [2.75, 3.05) is 25.1 Å². The number of amides is 1. The van der Waals surface area contributed by atoms with Crippen LogP contribution in [0, 0.1) is 0 Å². The lowest BCUT2D eigenvalue weighted by Gasteiger charge is -2.19. The van der Waals surface area contributed by atoms with Gasteiger partial charge in [-0.3, -0.25) is 4.79 Å². The zero-order valence-electron chi connectivity index (χ0n) is 14.8. The van der Waals surface area contributed by atoms with Gasteiger partial charge in [0.2, 0.25) is 5.91 Å². The Kier molecular flexibility index (Phi) is 4.24. The van der Waals surface area contributed by atoms with E-state index in [1.165, 1.54) is 0 Å².